The minimum Gasteiger partial charge on any atom is -0.397 e. The quantitative estimate of drug-likeness (QED) is 0.781. The summed E-state index contributed by atoms with van der Waals surface area (Å²) in [5.74, 6) is -0.444. The molecule has 2 heterocycles. The van der Waals surface area contributed by atoms with Gasteiger partial charge >= 0.3 is 0 Å². The maximum absolute atomic E-state index is 11.2. The smallest absolute Gasteiger partial charge is 0.248 e. The van der Waals surface area contributed by atoms with Crippen LogP contribution >= 0.6 is 0 Å². The van der Waals surface area contributed by atoms with Crippen molar-refractivity contribution in [3.63, 3.8) is 0 Å². The Morgan fingerprint density at radius 3 is 2.67 bits per heavy atom. The molecule has 1 amide bonds. The largest absolute Gasteiger partial charge is 0.397 e. The maximum atomic E-state index is 11.2. The van der Waals surface area contributed by atoms with Crippen molar-refractivity contribution in [2.45, 2.75) is 12.5 Å². The summed E-state index contributed by atoms with van der Waals surface area (Å²) in [5.41, 5.74) is 13.4. The fraction of sp³-hybridized carbons (Fsp3) is 0.533. The topological polar surface area (TPSA) is 84.8 Å². The molecule has 2 fully saturated rings. The third-order valence-corrected chi connectivity index (χ3v) is 4.38. The SMILES string of the molecule is NC(=O)c1ccc(N2CCC(N3CCOCC3)C2)c(N)c1. The van der Waals surface area contributed by atoms with Gasteiger partial charge in [-0.2, -0.15) is 0 Å². The van der Waals surface area contributed by atoms with Gasteiger partial charge in [-0.3, -0.25) is 9.69 Å². The van der Waals surface area contributed by atoms with Gasteiger partial charge < -0.3 is 21.1 Å². The lowest BCUT2D eigenvalue weighted by molar-refractivity contribution is 0.0209. The van der Waals surface area contributed by atoms with E-state index in [2.05, 4.69) is 9.80 Å². The molecule has 0 aromatic heterocycles. The number of primary amides is 1. The second-order valence-corrected chi connectivity index (χ2v) is 5.67. The van der Waals surface area contributed by atoms with E-state index >= 15 is 0 Å². The van der Waals surface area contributed by atoms with Gasteiger partial charge in [0.05, 0.1) is 24.6 Å². The maximum Gasteiger partial charge on any atom is 0.248 e. The number of nitrogen functional groups attached to an aromatic ring is 1. The molecule has 0 spiro atoms. The highest BCUT2D eigenvalue weighted by molar-refractivity contribution is 5.94. The van der Waals surface area contributed by atoms with Crippen LogP contribution in [0.25, 0.3) is 0 Å². The fourth-order valence-electron chi connectivity index (χ4n) is 3.20. The van der Waals surface area contributed by atoms with Crippen LogP contribution in [0.3, 0.4) is 0 Å². The highest BCUT2D eigenvalue weighted by atomic mass is 16.5. The van der Waals surface area contributed by atoms with Crippen LogP contribution in [0.15, 0.2) is 18.2 Å². The molecule has 1 aromatic rings. The Labute approximate surface area is 124 Å². The van der Waals surface area contributed by atoms with E-state index in [1.165, 1.54) is 0 Å². The normalized spacial score (nSPS) is 23.4. The van der Waals surface area contributed by atoms with Crippen LogP contribution in [0.5, 0.6) is 0 Å². The fourth-order valence-corrected chi connectivity index (χ4v) is 3.20. The van der Waals surface area contributed by atoms with Crippen molar-refractivity contribution in [2.24, 2.45) is 5.73 Å². The Bertz CT molecular complexity index is 528. The van der Waals surface area contributed by atoms with Crippen LogP contribution in [0.4, 0.5) is 11.4 Å². The number of anilines is 2. The van der Waals surface area contributed by atoms with Crippen molar-refractivity contribution in [2.75, 3.05) is 50.0 Å². The standard InChI is InChI=1S/C15H22N4O2/c16-13-9-11(15(17)20)1-2-14(13)19-4-3-12(10-19)18-5-7-21-8-6-18/h1-2,9,12H,3-8,10,16H2,(H2,17,20). The molecular formula is C15H22N4O2. The van der Waals surface area contributed by atoms with Crippen molar-refractivity contribution in [3.05, 3.63) is 23.8 Å². The number of hydrogen-bond acceptors (Lipinski definition) is 5. The molecule has 2 aliphatic heterocycles. The summed E-state index contributed by atoms with van der Waals surface area (Å²) in [4.78, 5) is 16.0. The van der Waals surface area contributed by atoms with Gasteiger partial charge in [0, 0.05) is 37.8 Å². The molecular weight excluding hydrogens is 268 g/mol. The summed E-state index contributed by atoms with van der Waals surface area (Å²) in [7, 11) is 0. The predicted molar refractivity (Wildman–Crippen MR) is 82.4 cm³/mol. The summed E-state index contributed by atoms with van der Waals surface area (Å²) in [6.07, 6.45) is 1.14. The number of hydrogen-bond donors (Lipinski definition) is 2. The summed E-state index contributed by atoms with van der Waals surface area (Å²) in [5, 5.41) is 0. The van der Waals surface area contributed by atoms with E-state index in [-0.39, 0.29) is 0 Å². The van der Waals surface area contributed by atoms with Crippen LogP contribution in [-0.2, 0) is 4.74 Å². The molecule has 0 saturated carbocycles. The number of benzene rings is 1. The Hall–Kier alpha value is -1.79. The lowest BCUT2D eigenvalue weighted by Crippen LogP contribution is -2.44. The number of carbonyl (C=O) groups is 1. The van der Waals surface area contributed by atoms with Crippen molar-refractivity contribution in [1.82, 2.24) is 4.90 Å². The van der Waals surface area contributed by atoms with Crippen molar-refractivity contribution < 1.29 is 9.53 Å². The first-order valence-electron chi connectivity index (χ1n) is 7.41. The first kappa shape index (κ1) is 14.2. The van der Waals surface area contributed by atoms with Gasteiger partial charge in [0.1, 0.15) is 0 Å². The number of amides is 1. The van der Waals surface area contributed by atoms with E-state index in [1.807, 2.05) is 6.07 Å². The zero-order valence-corrected chi connectivity index (χ0v) is 12.1. The summed E-state index contributed by atoms with van der Waals surface area (Å²) in [6.45, 7) is 5.63. The average Bonchev–Trinajstić information content (AvgIpc) is 2.97. The molecule has 6 nitrogen and oxygen atoms in total. The van der Waals surface area contributed by atoms with Crippen molar-refractivity contribution >= 4 is 17.3 Å². The zero-order chi connectivity index (χ0) is 14.8. The second kappa shape index (κ2) is 5.91. The van der Waals surface area contributed by atoms with Gasteiger partial charge in [0.15, 0.2) is 0 Å². The molecule has 0 radical (unpaired) electrons. The van der Waals surface area contributed by atoms with Crippen LogP contribution in [0, 0.1) is 0 Å². The van der Waals surface area contributed by atoms with E-state index in [0.717, 1.165) is 51.5 Å². The predicted octanol–water partition coefficient (Wildman–Crippen LogP) is 0.279. The Morgan fingerprint density at radius 1 is 1.24 bits per heavy atom. The molecule has 3 rings (SSSR count). The van der Waals surface area contributed by atoms with E-state index in [0.29, 0.717) is 17.3 Å². The first-order valence-corrected chi connectivity index (χ1v) is 7.41. The third kappa shape index (κ3) is 2.96. The first-order chi connectivity index (χ1) is 10.1. The van der Waals surface area contributed by atoms with Gasteiger partial charge in [-0.05, 0) is 24.6 Å². The Kier molecular flexibility index (Phi) is 3.98. The lowest BCUT2D eigenvalue weighted by Gasteiger charge is -2.32. The Morgan fingerprint density at radius 2 is 2.00 bits per heavy atom. The molecule has 0 bridgehead atoms. The third-order valence-electron chi connectivity index (χ3n) is 4.38. The molecule has 0 aliphatic carbocycles. The average molecular weight is 290 g/mol. The Balaban J connectivity index is 1.69. The van der Waals surface area contributed by atoms with Crippen LogP contribution in [0.1, 0.15) is 16.8 Å². The summed E-state index contributed by atoms with van der Waals surface area (Å²) >= 11 is 0. The molecule has 21 heavy (non-hydrogen) atoms. The number of nitrogens with zero attached hydrogens (tertiary/aromatic N) is 2. The van der Waals surface area contributed by atoms with E-state index < -0.39 is 5.91 Å². The molecule has 4 N–H and O–H groups in total. The molecule has 1 aromatic carbocycles. The van der Waals surface area contributed by atoms with Crippen molar-refractivity contribution in [1.29, 1.82) is 0 Å². The minimum absolute atomic E-state index is 0.444. The summed E-state index contributed by atoms with van der Waals surface area (Å²) < 4.78 is 5.41. The van der Waals surface area contributed by atoms with Gasteiger partial charge in [0.25, 0.3) is 0 Å². The minimum atomic E-state index is -0.444. The zero-order valence-electron chi connectivity index (χ0n) is 12.1. The molecule has 1 unspecified atom stereocenters. The lowest BCUT2D eigenvalue weighted by atomic mass is 10.1. The number of carbonyl (C=O) groups excluding carboxylic acids is 1. The molecule has 114 valence electrons. The molecule has 1 atom stereocenters. The van der Waals surface area contributed by atoms with E-state index in [9.17, 15) is 4.79 Å². The highest BCUT2D eigenvalue weighted by Gasteiger charge is 2.29. The van der Waals surface area contributed by atoms with Crippen LogP contribution in [0.2, 0.25) is 0 Å². The molecule has 6 heteroatoms. The second-order valence-electron chi connectivity index (χ2n) is 5.67. The van der Waals surface area contributed by atoms with Crippen molar-refractivity contribution in [3.8, 4) is 0 Å². The monoisotopic (exact) mass is 290 g/mol. The highest BCUT2D eigenvalue weighted by Crippen LogP contribution is 2.29. The van der Waals surface area contributed by atoms with E-state index in [1.54, 1.807) is 12.1 Å². The van der Waals surface area contributed by atoms with Crippen LogP contribution in [-0.4, -0.2) is 56.2 Å². The number of morpholine rings is 1. The number of ether oxygens (including phenoxy) is 1. The van der Waals surface area contributed by atoms with Crippen LogP contribution < -0.4 is 16.4 Å². The van der Waals surface area contributed by atoms with E-state index in [4.69, 9.17) is 16.2 Å². The number of nitrogens with two attached hydrogens (primary N) is 2. The van der Waals surface area contributed by atoms with Gasteiger partial charge in [-0.25, -0.2) is 0 Å². The molecule has 2 saturated heterocycles. The van der Waals surface area contributed by atoms with Gasteiger partial charge in [-0.15, -0.1) is 0 Å². The molecule has 2 aliphatic rings. The van der Waals surface area contributed by atoms with Gasteiger partial charge in [0.2, 0.25) is 5.91 Å². The summed E-state index contributed by atoms with van der Waals surface area (Å²) in [6, 6.07) is 5.87. The van der Waals surface area contributed by atoms with Gasteiger partial charge in [-0.1, -0.05) is 0 Å². The number of rotatable bonds is 3.